The first kappa shape index (κ1) is 19.5. The molecule has 0 radical (unpaired) electrons. The highest BCUT2D eigenvalue weighted by molar-refractivity contribution is 6.35. The standard InChI is InChI=1S/C17H30N4O4/c1-3-19(4-2)17(25)18-11-13-7-10-21(12-14(13)22)16(24)15(23)20-8-5-6-9-20/h13-14,22H,3-12H2,1-2H3,(H,18,25)/t13-,14+/m0/s1. The summed E-state index contributed by atoms with van der Waals surface area (Å²) in [7, 11) is 0. The van der Waals surface area contributed by atoms with E-state index < -0.39 is 17.9 Å². The number of urea groups is 1. The molecule has 0 bridgehead atoms. The number of β-amino-alcohol motifs (C(OH)–C–C–N with tert-alkyl or cyclic N) is 1. The first-order valence-corrected chi connectivity index (χ1v) is 9.26. The number of piperidine rings is 1. The third kappa shape index (κ3) is 4.84. The number of rotatable bonds is 4. The minimum Gasteiger partial charge on any atom is -0.391 e. The van der Waals surface area contributed by atoms with E-state index in [-0.39, 0.29) is 18.5 Å². The molecule has 2 atom stereocenters. The molecule has 8 heteroatoms. The maximum Gasteiger partial charge on any atom is 0.317 e. The molecule has 8 nitrogen and oxygen atoms in total. The number of likely N-dealkylation sites (tertiary alicyclic amines) is 2. The monoisotopic (exact) mass is 354 g/mol. The second-order valence-corrected chi connectivity index (χ2v) is 6.72. The zero-order valence-corrected chi connectivity index (χ0v) is 15.2. The van der Waals surface area contributed by atoms with Crippen molar-refractivity contribution in [2.45, 2.75) is 39.2 Å². The molecule has 2 fully saturated rings. The van der Waals surface area contributed by atoms with Crippen molar-refractivity contribution >= 4 is 17.8 Å². The molecule has 0 aliphatic carbocycles. The summed E-state index contributed by atoms with van der Waals surface area (Å²) in [5.41, 5.74) is 0. The summed E-state index contributed by atoms with van der Waals surface area (Å²) < 4.78 is 0. The number of carbonyl (C=O) groups excluding carboxylic acids is 3. The van der Waals surface area contributed by atoms with Crippen LogP contribution in [0.1, 0.15) is 33.1 Å². The van der Waals surface area contributed by atoms with Gasteiger partial charge in [-0.2, -0.15) is 0 Å². The molecule has 0 saturated carbocycles. The molecule has 0 unspecified atom stereocenters. The van der Waals surface area contributed by atoms with Crippen LogP contribution in [-0.4, -0.2) is 89.6 Å². The van der Waals surface area contributed by atoms with E-state index in [1.807, 2.05) is 13.8 Å². The van der Waals surface area contributed by atoms with Crippen LogP contribution >= 0.6 is 0 Å². The molecule has 0 aromatic rings. The van der Waals surface area contributed by atoms with Crippen LogP contribution in [0, 0.1) is 5.92 Å². The van der Waals surface area contributed by atoms with Gasteiger partial charge < -0.3 is 25.1 Å². The van der Waals surface area contributed by atoms with E-state index in [4.69, 9.17) is 0 Å². The summed E-state index contributed by atoms with van der Waals surface area (Å²) in [5, 5.41) is 13.2. The minimum absolute atomic E-state index is 0.106. The smallest absolute Gasteiger partial charge is 0.317 e. The van der Waals surface area contributed by atoms with E-state index in [0.29, 0.717) is 45.7 Å². The normalized spacial score (nSPS) is 23.5. The van der Waals surface area contributed by atoms with Crippen molar-refractivity contribution in [2.24, 2.45) is 5.92 Å². The van der Waals surface area contributed by atoms with Gasteiger partial charge in [-0.15, -0.1) is 0 Å². The van der Waals surface area contributed by atoms with Crippen molar-refractivity contribution in [2.75, 3.05) is 45.8 Å². The summed E-state index contributed by atoms with van der Waals surface area (Å²) in [4.78, 5) is 41.2. The Bertz CT molecular complexity index is 489. The Labute approximate surface area is 149 Å². The van der Waals surface area contributed by atoms with Gasteiger partial charge >= 0.3 is 17.8 Å². The fraction of sp³-hybridized carbons (Fsp3) is 0.824. The lowest BCUT2D eigenvalue weighted by Crippen LogP contribution is -2.53. The summed E-state index contributed by atoms with van der Waals surface area (Å²) in [5.74, 6) is -1.09. The van der Waals surface area contributed by atoms with Gasteiger partial charge in [-0.1, -0.05) is 0 Å². The number of aliphatic hydroxyl groups is 1. The zero-order chi connectivity index (χ0) is 18.4. The molecule has 25 heavy (non-hydrogen) atoms. The molecule has 2 aliphatic rings. The number of nitrogens with zero attached hydrogens (tertiary/aromatic N) is 3. The van der Waals surface area contributed by atoms with E-state index in [2.05, 4.69) is 5.32 Å². The van der Waals surface area contributed by atoms with Crippen molar-refractivity contribution in [1.82, 2.24) is 20.0 Å². The van der Waals surface area contributed by atoms with Gasteiger partial charge in [-0.05, 0) is 33.1 Å². The Morgan fingerprint density at radius 2 is 1.64 bits per heavy atom. The lowest BCUT2D eigenvalue weighted by atomic mass is 9.93. The van der Waals surface area contributed by atoms with Crippen LogP contribution in [0.2, 0.25) is 0 Å². The average Bonchev–Trinajstić information content (AvgIpc) is 3.15. The van der Waals surface area contributed by atoms with Crippen molar-refractivity contribution in [3.05, 3.63) is 0 Å². The van der Waals surface area contributed by atoms with Gasteiger partial charge in [-0.25, -0.2) is 4.79 Å². The molecule has 4 amide bonds. The van der Waals surface area contributed by atoms with Crippen molar-refractivity contribution in [3.8, 4) is 0 Å². The van der Waals surface area contributed by atoms with Crippen molar-refractivity contribution in [1.29, 1.82) is 0 Å². The Hall–Kier alpha value is -1.83. The van der Waals surface area contributed by atoms with E-state index in [0.717, 1.165) is 12.8 Å². The molecule has 142 valence electrons. The van der Waals surface area contributed by atoms with E-state index in [9.17, 15) is 19.5 Å². The highest BCUT2D eigenvalue weighted by Gasteiger charge is 2.35. The quantitative estimate of drug-likeness (QED) is 0.688. The molecule has 2 aliphatic heterocycles. The minimum atomic E-state index is -0.735. The Balaban J connectivity index is 1.80. The molecule has 0 aromatic heterocycles. The second-order valence-electron chi connectivity index (χ2n) is 6.72. The molecule has 2 N–H and O–H groups in total. The van der Waals surface area contributed by atoms with Crippen LogP contribution < -0.4 is 5.32 Å². The lowest BCUT2D eigenvalue weighted by Gasteiger charge is -2.36. The molecular formula is C17H30N4O4. The third-order valence-electron chi connectivity index (χ3n) is 5.15. The van der Waals surface area contributed by atoms with Gasteiger partial charge in [0.25, 0.3) is 0 Å². The SMILES string of the molecule is CCN(CC)C(=O)NC[C@@H]1CCN(C(=O)C(=O)N2CCCC2)C[C@H]1O. The van der Waals surface area contributed by atoms with Crippen molar-refractivity contribution in [3.63, 3.8) is 0 Å². The summed E-state index contributed by atoms with van der Waals surface area (Å²) >= 11 is 0. The maximum absolute atomic E-state index is 12.3. The van der Waals surface area contributed by atoms with Gasteiger partial charge in [0.15, 0.2) is 0 Å². The highest BCUT2D eigenvalue weighted by Crippen LogP contribution is 2.18. The number of carbonyl (C=O) groups is 3. The predicted octanol–water partition coefficient (Wildman–Crippen LogP) is -0.130. The molecule has 2 rings (SSSR count). The zero-order valence-electron chi connectivity index (χ0n) is 15.2. The Morgan fingerprint density at radius 1 is 1.04 bits per heavy atom. The van der Waals surface area contributed by atoms with Gasteiger partial charge in [0.2, 0.25) is 0 Å². The average molecular weight is 354 g/mol. The Morgan fingerprint density at radius 3 is 2.20 bits per heavy atom. The van der Waals surface area contributed by atoms with Crippen LogP contribution in [0.25, 0.3) is 0 Å². The lowest BCUT2D eigenvalue weighted by molar-refractivity contribution is -0.153. The van der Waals surface area contributed by atoms with E-state index >= 15 is 0 Å². The van der Waals surface area contributed by atoms with Crippen LogP contribution in [0.15, 0.2) is 0 Å². The maximum atomic E-state index is 12.3. The van der Waals surface area contributed by atoms with Crippen molar-refractivity contribution < 1.29 is 19.5 Å². The van der Waals surface area contributed by atoms with Gasteiger partial charge in [0, 0.05) is 51.7 Å². The third-order valence-corrected chi connectivity index (χ3v) is 5.15. The van der Waals surface area contributed by atoms with E-state index in [1.165, 1.54) is 4.90 Å². The van der Waals surface area contributed by atoms with Gasteiger partial charge in [0.05, 0.1) is 6.10 Å². The van der Waals surface area contributed by atoms with E-state index in [1.54, 1.807) is 9.80 Å². The molecular weight excluding hydrogens is 324 g/mol. The second kappa shape index (κ2) is 9.03. The number of hydrogen-bond donors (Lipinski definition) is 2. The number of nitrogens with one attached hydrogen (secondary N) is 1. The summed E-state index contributed by atoms with van der Waals surface area (Å²) in [6, 6.07) is -0.139. The fourth-order valence-corrected chi connectivity index (χ4v) is 3.43. The van der Waals surface area contributed by atoms with Gasteiger partial charge in [0.1, 0.15) is 0 Å². The largest absolute Gasteiger partial charge is 0.391 e. The van der Waals surface area contributed by atoms with Crippen LogP contribution in [0.4, 0.5) is 4.79 Å². The van der Waals surface area contributed by atoms with Gasteiger partial charge in [-0.3, -0.25) is 9.59 Å². The molecule has 0 aromatic carbocycles. The Kier molecular flexibility index (Phi) is 7.04. The number of aliphatic hydroxyl groups excluding tert-OH is 1. The number of hydrogen-bond acceptors (Lipinski definition) is 4. The first-order chi connectivity index (χ1) is 12.0. The van der Waals surface area contributed by atoms with Crippen LogP contribution in [0.5, 0.6) is 0 Å². The summed E-state index contributed by atoms with van der Waals surface area (Å²) in [6.45, 7) is 7.33. The van der Waals surface area contributed by atoms with Crippen LogP contribution in [-0.2, 0) is 9.59 Å². The number of amides is 4. The molecule has 2 heterocycles. The highest BCUT2D eigenvalue weighted by atomic mass is 16.3. The molecule has 0 spiro atoms. The fourth-order valence-electron chi connectivity index (χ4n) is 3.43. The molecule has 2 saturated heterocycles. The first-order valence-electron chi connectivity index (χ1n) is 9.26. The topological polar surface area (TPSA) is 93.2 Å². The predicted molar refractivity (Wildman–Crippen MR) is 92.8 cm³/mol. The van der Waals surface area contributed by atoms with Crippen LogP contribution in [0.3, 0.4) is 0 Å². The summed E-state index contributed by atoms with van der Waals surface area (Å²) in [6.07, 6.45) is 1.71.